The van der Waals surface area contributed by atoms with E-state index in [9.17, 15) is 18.0 Å². The van der Waals surface area contributed by atoms with Gasteiger partial charge in [0.25, 0.3) is 0 Å². The first-order chi connectivity index (χ1) is 16.6. The number of carbonyl (C=O) groups is 2. The highest BCUT2D eigenvalue weighted by Crippen LogP contribution is 2.20. The molecule has 0 bridgehead atoms. The molecule has 0 radical (unpaired) electrons. The van der Waals surface area contributed by atoms with Crippen LogP contribution < -0.4 is 5.32 Å². The minimum atomic E-state index is -3.85. The van der Waals surface area contributed by atoms with Crippen LogP contribution in [0.4, 0.5) is 0 Å². The Hall–Kier alpha value is -2.23. The molecule has 1 atom stereocenters. The zero-order valence-electron chi connectivity index (χ0n) is 20.5. The number of hydrogen-bond acceptors (Lipinski definition) is 4. The number of nitrogens with one attached hydrogen (secondary N) is 1. The van der Waals surface area contributed by atoms with Crippen LogP contribution in [0.25, 0.3) is 0 Å². The molecule has 3 rings (SSSR count). The molecule has 7 nitrogen and oxygen atoms in total. The number of hydrogen-bond donors (Lipinski definition) is 1. The zero-order chi connectivity index (χ0) is 25.6. The van der Waals surface area contributed by atoms with Crippen LogP contribution in [0.5, 0.6) is 0 Å². The highest BCUT2D eigenvalue weighted by molar-refractivity contribution is 9.10. The van der Waals surface area contributed by atoms with Crippen molar-refractivity contribution in [3.05, 3.63) is 64.1 Å². The van der Waals surface area contributed by atoms with Gasteiger partial charge in [-0.2, -0.15) is 4.31 Å². The Balaban J connectivity index is 1.79. The highest BCUT2D eigenvalue weighted by atomic mass is 79.9. The van der Waals surface area contributed by atoms with Gasteiger partial charge in [0.1, 0.15) is 6.04 Å². The van der Waals surface area contributed by atoms with Crippen molar-refractivity contribution in [2.45, 2.75) is 69.5 Å². The van der Waals surface area contributed by atoms with Gasteiger partial charge in [0.15, 0.2) is 0 Å². The average Bonchev–Trinajstić information content (AvgIpc) is 2.83. The van der Waals surface area contributed by atoms with Crippen molar-refractivity contribution in [2.24, 2.45) is 0 Å². The summed E-state index contributed by atoms with van der Waals surface area (Å²) in [6.07, 6.45) is 5.23. The number of amides is 2. The van der Waals surface area contributed by atoms with E-state index in [4.69, 9.17) is 0 Å². The van der Waals surface area contributed by atoms with Crippen LogP contribution in [0, 0.1) is 6.92 Å². The molecule has 1 aliphatic carbocycles. The summed E-state index contributed by atoms with van der Waals surface area (Å²) in [5.41, 5.74) is 1.79. The molecule has 190 valence electrons. The first-order valence-corrected chi connectivity index (χ1v) is 14.2. The fourth-order valence-corrected chi connectivity index (χ4v) is 5.81. The van der Waals surface area contributed by atoms with Crippen molar-refractivity contribution in [2.75, 3.05) is 13.6 Å². The molecule has 0 saturated heterocycles. The zero-order valence-corrected chi connectivity index (χ0v) is 22.9. The molecule has 2 amide bonds. The number of carbonyl (C=O) groups excluding carboxylic acids is 2. The van der Waals surface area contributed by atoms with Crippen molar-refractivity contribution >= 4 is 37.8 Å². The highest BCUT2D eigenvalue weighted by Gasteiger charge is 2.31. The van der Waals surface area contributed by atoms with Crippen LogP contribution in [-0.4, -0.2) is 55.1 Å². The Bertz CT molecular complexity index is 1130. The average molecular weight is 565 g/mol. The molecule has 1 N–H and O–H groups in total. The monoisotopic (exact) mass is 563 g/mol. The van der Waals surface area contributed by atoms with Crippen LogP contribution in [-0.2, 0) is 26.2 Å². The van der Waals surface area contributed by atoms with Gasteiger partial charge >= 0.3 is 0 Å². The number of likely N-dealkylation sites (N-methyl/N-ethyl adjacent to an activating group) is 1. The Morgan fingerprint density at radius 3 is 2.37 bits per heavy atom. The molecule has 2 aromatic rings. The van der Waals surface area contributed by atoms with Crippen LogP contribution in [0.1, 0.15) is 50.2 Å². The van der Waals surface area contributed by atoms with Crippen molar-refractivity contribution in [3.8, 4) is 0 Å². The van der Waals surface area contributed by atoms with Gasteiger partial charge in [0.2, 0.25) is 21.8 Å². The number of sulfonamides is 1. The number of rotatable bonds is 9. The number of nitrogens with zero attached hydrogens (tertiary/aromatic N) is 2. The summed E-state index contributed by atoms with van der Waals surface area (Å²) >= 11 is 3.45. The van der Waals surface area contributed by atoms with Crippen molar-refractivity contribution in [3.63, 3.8) is 0 Å². The quantitative estimate of drug-likeness (QED) is 0.494. The van der Waals surface area contributed by atoms with Gasteiger partial charge in [-0.3, -0.25) is 9.59 Å². The second-order valence-corrected chi connectivity index (χ2v) is 12.2. The van der Waals surface area contributed by atoms with Gasteiger partial charge in [-0.15, -0.1) is 0 Å². The van der Waals surface area contributed by atoms with E-state index >= 15 is 0 Å². The van der Waals surface area contributed by atoms with Crippen LogP contribution >= 0.6 is 15.9 Å². The van der Waals surface area contributed by atoms with E-state index in [1.54, 1.807) is 19.1 Å². The molecule has 35 heavy (non-hydrogen) atoms. The summed E-state index contributed by atoms with van der Waals surface area (Å²) in [5, 5.41) is 3.09. The Labute approximate surface area is 217 Å². The van der Waals surface area contributed by atoms with Crippen LogP contribution in [0.2, 0.25) is 0 Å². The number of aryl methyl sites for hydroxylation is 1. The van der Waals surface area contributed by atoms with E-state index in [0.717, 1.165) is 45.6 Å². The van der Waals surface area contributed by atoms with Crippen LogP contribution in [0.15, 0.2) is 57.9 Å². The lowest BCUT2D eigenvalue weighted by Crippen LogP contribution is -2.52. The molecule has 0 aliphatic heterocycles. The van der Waals surface area contributed by atoms with Crippen molar-refractivity contribution in [1.82, 2.24) is 14.5 Å². The molecule has 0 heterocycles. The second kappa shape index (κ2) is 12.1. The predicted molar refractivity (Wildman–Crippen MR) is 140 cm³/mol. The summed E-state index contributed by atoms with van der Waals surface area (Å²) in [7, 11) is -2.47. The molecule has 9 heteroatoms. The second-order valence-electron chi connectivity index (χ2n) is 9.25. The van der Waals surface area contributed by atoms with Gasteiger partial charge in [-0.1, -0.05) is 65.0 Å². The smallest absolute Gasteiger partial charge is 0.243 e. The maximum atomic E-state index is 13.4. The van der Waals surface area contributed by atoms with E-state index in [0.29, 0.717) is 0 Å². The maximum Gasteiger partial charge on any atom is 0.243 e. The van der Waals surface area contributed by atoms with Crippen molar-refractivity contribution in [1.29, 1.82) is 0 Å². The lowest BCUT2D eigenvalue weighted by atomic mass is 9.95. The summed E-state index contributed by atoms with van der Waals surface area (Å²) in [6, 6.07) is 13.4. The van der Waals surface area contributed by atoms with Gasteiger partial charge in [0, 0.05) is 24.1 Å². The lowest BCUT2D eigenvalue weighted by molar-refractivity contribution is -0.141. The third kappa shape index (κ3) is 7.38. The fourth-order valence-electron chi connectivity index (χ4n) is 4.24. The summed E-state index contributed by atoms with van der Waals surface area (Å²) in [4.78, 5) is 28.1. The summed E-state index contributed by atoms with van der Waals surface area (Å²) in [5.74, 6) is -0.654. The maximum absolute atomic E-state index is 13.4. The Morgan fingerprint density at radius 2 is 1.74 bits per heavy atom. The number of benzene rings is 2. The van der Waals surface area contributed by atoms with Gasteiger partial charge < -0.3 is 10.2 Å². The molecular weight excluding hydrogens is 530 g/mol. The minimum absolute atomic E-state index is 0.117. The molecule has 0 spiro atoms. The van der Waals surface area contributed by atoms with E-state index in [1.165, 1.54) is 30.5 Å². The molecule has 1 fully saturated rings. The summed E-state index contributed by atoms with van der Waals surface area (Å²) < 4.78 is 28.0. The predicted octanol–water partition coefficient (Wildman–Crippen LogP) is 4.24. The molecule has 0 aromatic heterocycles. The summed E-state index contributed by atoms with van der Waals surface area (Å²) in [6.45, 7) is 3.40. The fraction of sp³-hybridized carbons (Fsp3) is 0.462. The number of halogens is 1. The minimum Gasteiger partial charge on any atom is -0.352 e. The van der Waals surface area contributed by atoms with Gasteiger partial charge in [-0.05, 0) is 56.5 Å². The molecule has 1 saturated carbocycles. The normalized spacial score (nSPS) is 15.6. The van der Waals surface area contributed by atoms with Gasteiger partial charge in [-0.25, -0.2) is 8.42 Å². The van der Waals surface area contributed by atoms with Gasteiger partial charge in [0.05, 0.1) is 11.4 Å². The van der Waals surface area contributed by atoms with E-state index in [-0.39, 0.29) is 29.9 Å². The molecule has 0 unspecified atom stereocenters. The Morgan fingerprint density at radius 1 is 1.09 bits per heavy atom. The molecule has 1 aliphatic rings. The van der Waals surface area contributed by atoms with E-state index in [2.05, 4.69) is 21.2 Å². The topological polar surface area (TPSA) is 86.8 Å². The third-order valence-corrected chi connectivity index (χ3v) is 8.76. The molecule has 2 aromatic carbocycles. The van der Waals surface area contributed by atoms with Crippen LogP contribution in [0.3, 0.4) is 0 Å². The standard InChI is InChI=1S/C26H34BrN3O4S/c1-19-12-14-24(15-13-19)35(33,34)29(3)18-25(31)30(17-21-8-7-9-22(27)16-21)20(2)26(32)28-23-10-5-4-6-11-23/h7-9,12-16,20,23H,4-6,10-11,17-18H2,1-3H3,(H,28,32)/t20-/m0/s1. The SMILES string of the molecule is Cc1ccc(S(=O)(=O)N(C)CC(=O)N(Cc2cccc(Br)c2)[C@@H](C)C(=O)NC2CCCCC2)cc1. The van der Waals surface area contributed by atoms with E-state index in [1.807, 2.05) is 31.2 Å². The van der Waals surface area contributed by atoms with E-state index < -0.39 is 22.0 Å². The van der Waals surface area contributed by atoms with Crippen molar-refractivity contribution < 1.29 is 18.0 Å². The first-order valence-electron chi connectivity index (χ1n) is 11.9. The Kier molecular flexibility index (Phi) is 9.49. The molecular formula is C26H34BrN3O4S. The first kappa shape index (κ1) is 27.4. The largest absolute Gasteiger partial charge is 0.352 e. The lowest BCUT2D eigenvalue weighted by Gasteiger charge is -2.32. The third-order valence-electron chi connectivity index (χ3n) is 6.45.